The van der Waals surface area contributed by atoms with E-state index in [2.05, 4.69) is 4.99 Å². The van der Waals surface area contributed by atoms with Crippen LogP contribution in [0.3, 0.4) is 0 Å². The van der Waals surface area contributed by atoms with Gasteiger partial charge >= 0.3 is 5.97 Å². The van der Waals surface area contributed by atoms with E-state index in [1.54, 1.807) is 0 Å². The Morgan fingerprint density at radius 3 is 2.68 bits per heavy atom. The zero-order chi connectivity index (χ0) is 13.8. The average Bonchev–Trinajstić information content (AvgIpc) is 2.66. The first-order valence-electron chi connectivity index (χ1n) is 5.95. The van der Waals surface area contributed by atoms with Gasteiger partial charge in [0.2, 0.25) is 5.91 Å². The summed E-state index contributed by atoms with van der Waals surface area (Å²) in [6.07, 6.45) is -0.173. The number of amidine groups is 1. The summed E-state index contributed by atoms with van der Waals surface area (Å²) in [6, 6.07) is 9.31. The van der Waals surface area contributed by atoms with Crippen molar-refractivity contribution in [3.63, 3.8) is 0 Å². The van der Waals surface area contributed by atoms with Crippen molar-refractivity contribution in [1.82, 2.24) is 4.90 Å². The van der Waals surface area contributed by atoms with Crippen LogP contribution in [-0.2, 0) is 9.59 Å². The number of aliphatic carboxylic acids is 1. The van der Waals surface area contributed by atoms with Gasteiger partial charge in [-0.3, -0.25) is 14.5 Å². The zero-order valence-electron chi connectivity index (χ0n) is 10.4. The van der Waals surface area contributed by atoms with Crippen LogP contribution in [0.4, 0.5) is 5.69 Å². The molecule has 1 atom stereocenters. The maximum absolute atomic E-state index is 12.0. The molecule has 1 aliphatic heterocycles. The molecular formula is C13H14N2O3S. The molecule has 1 saturated heterocycles. The van der Waals surface area contributed by atoms with Crippen LogP contribution in [0, 0.1) is 0 Å². The van der Waals surface area contributed by atoms with E-state index in [0.29, 0.717) is 11.7 Å². The monoisotopic (exact) mass is 278 g/mol. The Morgan fingerprint density at radius 1 is 1.42 bits per heavy atom. The van der Waals surface area contributed by atoms with Crippen LogP contribution in [0.5, 0.6) is 0 Å². The Labute approximate surface area is 115 Å². The van der Waals surface area contributed by atoms with Crippen molar-refractivity contribution >= 4 is 34.5 Å². The molecule has 0 unspecified atom stereocenters. The molecule has 0 aliphatic carbocycles. The van der Waals surface area contributed by atoms with Gasteiger partial charge in [0, 0.05) is 6.54 Å². The van der Waals surface area contributed by atoms with E-state index >= 15 is 0 Å². The third kappa shape index (κ3) is 3.14. The van der Waals surface area contributed by atoms with Crippen LogP contribution in [0.25, 0.3) is 0 Å². The van der Waals surface area contributed by atoms with E-state index in [9.17, 15) is 9.59 Å². The minimum absolute atomic E-state index is 0.173. The summed E-state index contributed by atoms with van der Waals surface area (Å²) in [4.78, 5) is 28.7. The topological polar surface area (TPSA) is 70.0 Å². The summed E-state index contributed by atoms with van der Waals surface area (Å²) in [5.41, 5.74) is 0.757. The Bertz CT molecular complexity index is 516. The molecule has 1 amide bonds. The fraction of sp³-hybridized carbons (Fsp3) is 0.308. The number of carbonyl (C=O) groups excluding carboxylic acids is 1. The Kier molecular flexibility index (Phi) is 4.21. The standard InChI is InChI=1S/C13H14N2O3S/c1-2-15-12(18)10(8-11(16)17)19-13(15)14-9-6-4-3-5-7-9/h3-7,10H,2,8H2,1H3,(H,16,17)/t10-/m1/s1. The largest absolute Gasteiger partial charge is 0.481 e. The highest BCUT2D eigenvalue weighted by Crippen LogP contribution is 2.31. The molecule has 5 nitrogen and oxygen atoms in total. The summed E-state index contributed by atoms with van der Waals surface area (Å²) in [7, 11) is 0. The van der Waals surface area contributed by atoms with Crippen LogP contribution in [0.1, 0.15) is 13.3 Å². The van der Waals surface area contributed by atoms with E-state index in [-0.39, 0.29) is 12.3 Å². The lowest BCUT2D eigenvalue weighted by atomic mass is 10.3. The van der Waals surface area contributed by atoms with Gasteiger partial charge in [-0.2, -0.15) is 0 Å². The van der Waals surface area contributed by atoms with Gasteiger partial charge in [-0.05, 0) is 19.1 Å². The van der Waals surface area contributed by atoms with Crippen molar-refractivity contribution in [1.29, 1.82) is 0 Å². The number of carbonyl (C=O) groups is 2. The van der Waals surface area contributed by atoms with Crippen molar-refractivity contribution in [3.8, 4) is 0 Å². The maximum atomic E-state index is 12.0. The van der Waals surface area contributed by atoms with Gasteiger partial charge in [0.1, 0.15) is 5.25 Å². The number of thioether (sulfide) groups is 1. The summed E-state index contributed by atoms with van der Waals surface area (Å²) in [5.74, 6) is -1.15. The summed E-state index contributed by atoms with van der Waals surface area (Å²) in [5, 5.41) is 8.81. The van der Waals surface area contributed by atoms with Crippen molar-refractivity contribution in [2.45, 2.75) is 18.6 Å². The van der Waals surface area contributed by atoms with E-state index in [0.717, 1.165) is 5.69 Å². The molecule has 0 radical (unpaired) electrons. The number of amides is 1. The van der Waals surface area contributed by atoms with E-state index in [4.69, 9.17) is 5.11 Å². The molecule has 19 heavy (non-hydrogen) atoms. The van der Waals surface area contributed by atoms with Gasteiger partial charge in [0.05, 0.1) is 12.1 Å². The second-order valence-electron chi connectivity index (χ2n) is 4.02. The fourth-order valence-electron chi connectivity index (χ4n) is 1.79. The SMILES string of the molecule is CCN1C(=O)[C@@H](CC(=O)O)SC1=Nc1ccccc1. The zero-order valence-corrected chi connectivity index (χ0v) is 11.3. The highest BCUT2D eigenvalue weighted by atomic mass is 32.2. The lowest BCUT2D eigenvalue weighted by Gasteiger charge is -2.12. The minimum atomic E-state index is -0.970. The van der Waals surface area contributed by atoms with Crippen LogP contribution >= 0.6 is 11.8 Å². The molecule has 0 spiro atoms. The number of carboxylic acids is 1. The van der Waals surface area contributed by atoms with Gasteiger partial charge in [0.25, 0.3) is 0 Å². The lowest BCUT2D eigenvalue weighted by Crippen LogP contribution is -2.32. The van der Waals surface area contributed by atoms with Crippen LogP contribution < -0.4 is 0 Å². The Balaban J connectivity index is 2.23. The molecule has 2 rings (SSSR count). The first kappa shape index (κ1) is 13.6. The quantitative estimate of drug-likeness (QED) is 0.915. The molecule has 1 fully saturated rings. The van der Waals surface area contributed by atoms with E-state index in [1.165, 1.54) is 16.7 Å². The van der Waals surface area contributed by atoms with Crippen LogP contribution in [-0.4, -0.2) is 38.8 Å². The number of rotatable bonds is 4. The number of hydrogen-bond acceptors (Lipinski definition) is 4. The molecular weight excluding hydrogens is 264 g/mol. The van der Waals surface area contributed by atoms with Crippen molar-refractivity contribution in [3.05, 3.63) is 30.3 Å². The van der Waals surface area contributed by atoms with E-state index in [1.807, 2.05) is 37.3 Å². The summed E-state index contributed by atoms with van der Waals surface area (Å²) >= 11 is 1.22. The van der Waals surface area contributed by atoms with Crippen molar-refractivity contribution in [2.75, 3.05) is 6.54 Å². The molecule has 1 aliphatic rings. The Hall–Kier alpha value is -1.82. The average molecular weight is 278 g/mol. The minimum Gasteiger partial charge on any atom is -0.481 e. The molecule has 1 aromatic rings. The first-order chi connectivity index (χ1) is 9.11. The third-order valence-electron chi connectivity index (χ3n) is 2.68. The number of nitrogens with zero attached hydrogens (tertiary/aromatic N) is 2. The number of aliphatic imine (C=N–C) groups is 1. The Morgan fingerprint density at radius 2 is 2.11 bits per heavy atom. The fourth-order valence-corrected chi connectivity index (χ4v) is 3.00. The molecule has 0 aromatic heterocycles. The van der Waals surface area contributed by atoms with Gasteiger partial charge < -0.3 is 5.11 Å². The lowest BCUT2D eigenvalue weighted by molar-refractivity contribution is -0.139. The van der Waals surface area contributed by atoms with Gasteiger partial charge in [0.15, 0.2) is 5.17 Å². The maximum Gasteiger partial charge on any atom is 0.305 e. The smallest absolute Gasteiger partial charge is 0.305 e. The highest BCUT2D eigenvalue weighted by molar-refractivity contribution is 8.15. The molecule has 1 N–H and O–H groups in total. The predicted octanol–water partition coefficient (Wildman–Crippen LogP) is 2.11. The first-order valence-corrected chi connectivity index (χ1v) is 6.83. The number of carboxylic acid groups (broad SMARTS) is 1. The normalized spacial score (nSPS) is 21.1. The molecule has 1 aromatic carbocycles. The molecule has 0 bridgehead atoms. The number of benzene rings is 1. The van der Waals surface area contributed by atoms with Crippen LogP contribution in [0.15, 0.2) is 35.3 Å². The molecule has 0 saturated carbocycles. The number of hydrogen-bond donors (Lipinski definition) is 1. The van der Waals surface area contributed by atoms with Crippen molar-refractivity contribution in [2.24, 2.45) is 4.99 Å². The van der Waals surface area contributed by atoms with Gasteiger partial charge in [-0.1, -0.05) is 30.0 Å². The second kappa shape index (κ2) is 5.88. The summed E-state index contributed by atoms with van der Waals surface area (Å²) < 4.78 is 0. The summed E-state index contributed by atoms with van der Waals surface area (Å²) in [6.45, 7) is 2.34. The van der Waals surface area contributed by atoms with Gasteiger partial charge in [-0.15, -0.1) is 0 Å². The molecule has 100 valence electrons. The van der Waals surface area contributed by atoms with Gasteiger partial charge in [-0.25, -0.2) is 4.99 Å². The second-order valence-corrected chi connectivity index (χ2v) is 5.19. The number of para-hydroxylation sites is 1. The third-order valence-corrected chi connectivity index (χ3v) is 3.85. The van der Waals surface area contributed by atoms with E-state index < -0.39 is 11.2 Å². The predicted molar refractivity (Wildman–Crippen MR) is 74.6 cm³/mol. The van der Waals surface area contributed by atoms with Crippen molar-refractivity contribution < 1.29 is 14.7 Å². The molecule has 6 heteroatoms. The van der Waals surface area contributed by atoms with Crippen LogP contribution in [0.2, 0.25) is 0 Å². The highest BCUT2D eigenvalue weighted by Gasteiger charge is 2.38. The molecule has 1 heterocycles.